The van der Waals surface area contributed by atoms with Gasteiger partial charge in [-0.05, 0) is 86.5 Å². The molecule has 2 aliphatic rings. The van der Waals surface area contributed by atoms with Gasteiger partial charge in [0, 0.05) is 34.1 Å². The van der Waals surface area contributed by atoms with Crippen molar-refractivity contribution in [3.63, 3.8) is 0 Å². The first-order valence-electron chi connectivity index (χ1n) is 17.9. The van der Waals surface area contributed by atoms with Gasteiger partial charge in [0.05, 0.1) is 34.1 Å². The molecule has 7 aromatic carbocycles. The lowest BCUT2D eigenvalue weighted by atomic mass is 9.65. The molecule has 244 valence electrons. The Morgan fingerprint density at radius 1 is 0.566 bits per heavy atom. The highest BCUT2D eigenvalue weighted by molar-refractivity contribution is 6.25. The third-order valence-electron chi connectivity index (χ3n) is 11.7. The Bertz CT molecular complexity index is 3230. The molecule has 1 unspecified atom stereocenters. The molecule has 0 saturated heterocycles. The summed E-state index contributed by atoms with van der Waals surface area (Å²) in [5.74, 6) is 0. The zero-order valence-corrected chi connectivity index (χ0v) is 28.3. The minimum Gasteiger partial charge on any atom is -0.455 e. The lowest BCUT2D eigenvalue weighted by Crippen LogP contribution is -2.33. The molecule has 1 aliphatic carbocycles. The summed E-state index contributed by atoms with van der Waals surface area (Å²) in [6.07, 6.45) is 3.77. The summed E-state index contributed by atoms with van der Waals surface area (Å²) in [7, 11) is 0. The van der Waals surface area contributed by atoms with Crippen LogP contribution in [0.25, 0.3) is 87.7 Å². The largest absolute Gasteiger partial charge is 0.455 e. The molecule has 0 saturated carbocycles. The number of furan rings is 1. The molecule has 4 heterocycles. The Labute approximate surface area is 304 Å². The molecule has 0 amide bonds. The van der Waals surface area contributed by atoms with E-state index < -0.39 is 5.41 Å². The number of para-hydroxylation sites is 2. The zero-order chi connectivity index (χ0) is 34.8. The number of pyridine rings is 1. The van der Waals surface area contributed by atoms with Gasteiger partial charge in [-0.1, -0.05) is 115 Å². The number of nitrogens with zero attached hydrogens (tertiary/aromatic N) is 3. The molecule has 1 aliphatic heterocycles. The molecule has 0 N–H and O–H groups in total. The summed E-state index contributed by atoms with van der Waals surface area (Å²) in [4.78, 5) is 8.10. The highest BCUT2D eigenvalue weighted by Crippen LogP contribution is 2.62. The fourth-order valence-electron chi connectivity index (χ4n) is 9.55. The summed E-state index contributed by atoms with van der Waals surface area (Å²) in [5, 5.41) is 4.58. The summed E-state index contributed by atoms with van der Waals surface area (Å²) >= 11 is 0. The number of hydrogen-bond donors (Lipinski definition) is 0. The molecule has 0 fully saturated rings. The molecular weight excluding hydrogens is 647 g/mol. The van der Waals surface area contributed by atoms with Crippen molar-refractivity contribution in [3.8, 4) is 39.1 Å². The van der Waals surface area contributed by atoms with Crippen LogP contribution < -0.4 is 0 Å². The molecule has 12 rings (SSSR count). The van der Waals surface area contributed by atoms with Gasteiger partial charge in [0.2, 0.25) is 0 Å². The van der Waals surface area contributed by atoms with Crippen LogP contribution in [0.4, 0.5) is 5.69 Å². The minimum absolute atomic E-state index is 0.571. The predicted octanol–water partition coefficient (Wildman–Crippen LogP) is 12.6. The van der Waals surface area contributed by atoms with Crippen molar-refractivity contribution in [2.45, 2.75) is 5.41 Å². The van der Waals surface area contributed by atoms with E-state index in [2.05, 4.69) is 142 Å². The van der Waals surface area contributed by atoms with Crippen LogP contribution in [0.2, 0.25) is 0 Å². The Morgan fingerprint density at radius 3 is 2.19 bits per heavy atom. The van der Waals surface area contributed by atoms with E-state index in [0.29, 0.717) is 5.69 Å². The molecule has 4 nitrogen and oxygen atoms in total. The van der Waals surface area contributed by atoms with E-state index in [-0.39, 0.29) is 0 Å². The Kier molecular flexibility index (Phi) is 5.47. The van der Waals surface area contributed by atoms with Crippen molar-refractivity contribution in [3.05, 3.63) is 198 Å². The van der Waals surface area contributed by atoms with Crippen LogP contribution in [0, 0.1) is 6.57 Å². The first-order valence-corrected chi connectivity index (χ1v) is 17.9. The average Bonchev–Trinajstić information content (AvgIpc) is 3.87. The molecule has 4 heteroatoms. The molecule has 1 atom stereocenters. The third-order valence-corrected chi connectivity index (χ3v) is 11.7. The van der Waals surface area contributed by atoms with Gasteiger partial charge in [-0.2, -0.15) is 0 Å². The number of fused-ring (bicyclic) bond motifs is 16. The maximum atomic E-state index is 7.45. The van der Waals surface area contributed by atoms with Crippen molar-refractivity contribution in [1.29, 1.82) is 0 Å². The molecular formula is C49H27N3O. The average molecular weight is 674 g/mol. The molecule has 53 heavy (non-hydrogen) atoms. The van der Waals surface area contributed by atoms with Crippen LogP contribution in [0.1, 0.15) is 22.3 Å². The van der Waals surface area contributed by atoms with E-state index in [1.54, 1.807) is 0 Å². The summed E-state index contributed by atoms with van der Waals surface area (Å²) in [6, 6.07) is 54.6. The fraction of sp³-hybridized carbons (Fsp3) is 0.0204. The van der Waals surface area contributed by atoms with Crippen molar-refractivity contribution in [1.82, 2.24) is 9.55 Å². The summed E-state index contributed by atoms with van der Waals surface area (Å²) < 4.78 is 9.22. The highest BCUT2D eigenvalue weighted by Gasteiger charge is 2.51. The second kappa shape index (κ2) is 10.2. The Morgan fingerprint density at radius 2 is 1.32 bits per heavy atom. The number of aromatic nitrogens is 2. The van der Waals surface area contributed by atoms with E-state index in [1.165, 1.54) is 44.3 Å². The summed E-state index contributed by atoms with van der Waals surface area (Å²) in [5.41, 5.74) is 17.3. The molecule has 1 spiro atoms. The van der Waals surface area contributed by atoms with Crippen molar-refractivity contribution in [2.75, 3.05) is 0 Å². The van der Waals surface area contributed by atoms with E-state index in [4.69, 9.17) is 11.0 Å². The van der Waals surface area contributed by atoms with Gasteiger partial charge in [-0.3, -0.25) is 4.98 Å². The van der Waals surface area contributed by atoms with Gasteiger partial charge in [-0.25, -0.2) is 4.85 Å². The SMILES string of the molecule is [C-]#[N+]c1ccc(-c2ccc3c(c2)-c2ccccc2C32c3ccc(-c4cccnc4)cc3-n3c4ccc5c6ccccc6oc5c4c4cccc2c43)cc1. The summed E-state index contributed by atoms with van der Waals surface area (Å²) in [6.45, 7) is 7.45. The quantitative estimate of drug-likeness (QED) is 0.171. The Hall–Kier alpha value is -7.22. The lowest BCUT2D eigenvalue weighted by Gasteiger charge is -2.39. The first kappa shape index (κ1) is 28.5. The maximum absolute atomic E-state index is 7.45. The van der Waals surface area contributed by atoms with Crippen LogP contribution in [-0.2, 0) is 5.41 Å². The predicted molar refractivity (Wildman–Crippen MR) is 214 cm³/mol. The van der Waals surface area contributed by atoms with Crippen LogP contribution >= 0.6 is 0 Å². The van der Waals surface area contributed by atoms with Crippen LogP contribution in [-0.4, -0.2) is 9.55 Å². The van der Waals surface area contributed by atoms with E-state index in [9.17, 15) is 0 Å². The third kappa shape index (κ3) is 3.56. The van der Waals surface area contributed by atoms with Crippen molar-refractivity contribution in [2.24, 2.45) is 0 Å². The minimum atomic E-state index is -0.571. The highest BCUT2D eigenvalue weighted by atomic mass is 16.3. The zero-order valence-electron chi connectivity index (χ0n) is 28.3. The molecule has 0 bridgehead atoms. The van der Waals surface area contributed by atoms with Crippen LogP contribution in [0.15, 0.2) is 168 Å². The van der Waals surface area contributed by atoms with Crippen LogP contribution in [0.3, 0.4) is 0 Å². The monoisotopic (exact) mass is 673 g/mol. The van der Waals surface area contributed by atoms with E-state index in [0.717, 1.165) is 60.8 Å². The van der Waals surface area contributed by atoms with Crippen LogP contribution in [0.5, 0.6) is 0 Å². The normalized spacial score (nSPS) is 15.2. The smallest absolute Gasteiger partial charge is 0.187 e. The molecule has 0 radical (unpaired) electrons. The Balaban J connectivity index is 1.24. The van der Waals surface area contributed by atoms with Gasteiger partial charge in [-0.15, -0.1) is 0 Å². The number of benzene rings is 7. The van der Waals surface area contributed by atoms with Gasteiger partial charge < -0.3 is 8.98 Å². The van der Waals surface area contributed by atoms with Gasteiger partial charge in [0.25, 0.3) is 0 Å². The topological polar surface area (TPSA) is 35.3 Å². The standard InChI is InChI=1S/C49H27N3O/c1-50-33-19-15-29(16-20-33)30-17-22-40-38(26-30)34-9-2-4-12-39(34)49(40)41-23-18-31(32-8-7-25-51-28-32)27-44(41)52-43-24-21-36-35-10-3-5-14-45(35)53-48(36)46(43)37-11-6-13-42(49)47(37)52/h2-28H. The second-order valence-electron chi connectivity index (χ2n) is 14.2. The number of rotatable bonds is 2. The lowest BCUT2D eigenvalue weighted by molar-refractivity contribution is 0.673. The number of hydrogen-bond acceptors (Lipinski definition) is 2. The van der Waals surface area contributed by atoms with Gasteiger partial charge >= 0.3 is 0 Å². The van der Waals surface area contributed by atoms with Crippen molar-refractivity contribution >= 4 is 49.4 Å². The van der Waals surface area contributed by atoms with Gasteiger partial charge in [0.15, 0.2) is 5.69 Å². The van der Waals surface area contributed by atoms with Gasteiger partial charge in [0.1, 0.15) is 11.2 Å². The maximum Gasteiger partial charge on any atom is 0.187 e. The second-order valence-corrected chi connectivity index (χ2v) is 14.2. The van der Waals surface area contributed by atoms with Crippen molar-refractivity contribution < 1.29 is 4.42 Å². The molecule has 3 aromatic heterocycles. The van der Waals surface area contributed by atoms with E-state index >= 15 is 0 Å². The van der Waals surface area contributed by atoms with E-state index in [1.807, 2.05) is 36.7 Å². The first-order chi connectivity index (χ1) is 26.2. The molecule has 10 aromatic rings. The fourth-order valence-corrected chi connectivity index (χ4v) is 9.55.